The average molecular weight is 586 g/mol. The van der Waals surface area contributed by atoms with Gasteiger partial charge in [-0.05, 0) is 37.8 Å². The summed E-state index contributed by atoms with van der Waals surface area (Å²) in [6.07, 6.45) is 3.21. The Morgan fingerprint density at radius 3 is 2.61 bits per heavy atom. The standard InChI is InChI=1S/C29H43N7O4S/c1-20(2)25-27-32-26(21-9-6-5-7-10-21)33-36(27)15-14-35(29(39)23-19-40-17-16-34(23)3)13-8-11-24(37)30-22(12-18-41-4)28(38)31-25/h5-7,9-10,20,22-23,25H,8,11-19H2,1-4H3,(H,30,37)(H,31,38)/t22-,23+,25?/m0/s1. The van der Waals surface area contributed by atoms with E-state index in [-0.39, 0.29) is 36.1 Å². The molecule has 1 fully saturated rings. The van der Waals surface area contributed by atoms with Gasteiger partial charge in [0.05, 0.1) is 25.8 Å². The highest BCUT2D eigenvalue weighted by molar-refractivity contribution is 7.98. The molecule has 12 heteroatoms. The van der Waals surface area contributed by atoms with Crippen LogP contribution >= 0.6 is 11.8 Å². The second-order valence-corrected chi connectivity index (χ2v) is 12.0. The minimum absolute atomic E-state index is 0.00102. The fraction of sp³-hybridized carbons (Fsp3) is 0.621. The Kier molecular flexibility index (Phi) is 11.2. The van der Waals surface area contributed by atoms with Crippen LogP contribution in [0.25, 0.3) is 11.4 Å². The number of benzene rings is 1. The molecule has 0 aliphatic carbocycles. The minimum Gasteiger partial charge on any atom is -0.378 e. The number of aromatic nitrogens is 3. The van der Waals surface area contributed by atoms with Crippen molar-refractivity contribution in [2.75, 3.05) is 51.9 Å². The Morgan fingerprint density at radius 1 is 1.12 bits per heavy atom. The van der Waals surface area contributed by atoms with Crippen molar-refractivity contribution in [2.24, 2.45) is 5.92 Å². The van der Waals surface area contributed by atoms with Crippen molar-refractivity contribution >= 4 is 29.5 Å². The van der Waals surface area contributed by atoms with Crippen LogP contribution in [0.1, 0.15) is 45.0 Å². The SMILES string of the molecule is CSCC[C@@H]1NC(=O)CCCN(C(=O)[C@H]2COCCN2C)CCn2nc(-c3ccccc3)nc2C(C(C)C)NC1=O. The number of thioether (sulfide) groups is 1. The summed E-state index contributed by atoms with van der Waals surface area (Å²) in [7, 11) is 1.94. The van der Waals surface area contributed by atoms with Crippen molar-refractivity contribution in [3.8, 4) is 11.4 Å². The summed E-state index contributed by atoms with van der Waals surface area (Å²) in [6, 6.07) is 8.27. The Hall–Kier alpha value is -2.96. The van der Waals surface area contributed by atoms with Gasteiger partial charge in [-0.3, -0.25) is 19.3 Å². The van der Waals surface area contributed by atoms with Crippen LogP contribution < -0.4 is 10.6 Å². The molecule has 2 aliphatic rings. The molecule has 1 saturated heterocycles. The number of ether oxygens (including phenoxy) is 1. The van der Waals surface area contributed by atoms with Crippen LogP contribution in [-0.2, 0) is 25.7 Å². The third-order valence-electron chi connectivity index (χ3n) is 7.64. The topological polar surface area (TPSA) is 122 Å². The summed E-state index contributed by atoms with van der Waals surface area (Å²) in [5.74, 6) is 1.50. The zero-order chi connectivity index (χ0) is 29.4. The molecule has 3 atom stereocenters. The lowest BCUT2D eigenvalue weighted by Crippen LogP contribution is -2.54. The van der Waals surface area contributed by atoms with Gasteiger partial charge in [-0.25, -0.2) is 9.67 Å². The van der Waals surface area contributed by atoms with E-state index in [0.717, 1.165) is 11.3 Å². The van der Waals surface area contributed by atoms with E-state index in [9.17, 15) is 14.4 Å². The van der Waals surface area contributed by atoms with Gasteiger partial charge in [0, 0.05) is 31.6 Å². The number of hydrogen-bond donors (Lipinski definition) is 2. The first-order valence-electron chi connectivity index (χ1n) is 14.4. The first kappa shape index (κ1) is 31.0. The first-order chi connectivity index (χ1) is 19.8. The molecule has 0 saturated carbocycles. The fourth-order valence-electron chi connectivity index (χ4n) is 5.15. The third kappa shape index (κ3) is 8.08. The van der Waals surface area contributed by atoms with Gasteiger partial charge in [-0.2, -0.15) is 16.9 Å². The Labute approximate surface area is 246 Å². The molecular weight excluding hydrogens is 542 g/mol. The predicted molar refractivity (Wildman–Crippen MR) is 159 cm³/mol. The van der Waals surface area contributed by atoms with E-state index < -0.39 is 12.1 Å². The second kappa shape index (κ2) is 14.8. The molecule has 1 aromatic carbocycles. The van der Waals surface area contributed by atoms with Crippen molar-refractivity contribution in [2.45, 2.75) is 57.8 Å². The molecule has 224 valence electrons. The number of carbonyl (C=O) groups excluding carboxylic acids is 3. The molecule has 0 spiro atoms. The maximum atomic E-state index is 13.7. The monoisotopic (exact) mass is 585 g/mol. The summed E-state index contributed by atoms with van der Waals surface area (Å²) < 4.78 is 7.46. The molecule has 11 nitrogen and oxygen atoms in total. The second-order valence-electron chi connectivity index (χ2n) is 11.0. The van der Waals surface area contributed by atoms with Crippen molar-refractivity contribution in [1.29, 1.82) is 0 Å². The van der Waals surface area contributed by atoms with Gasteiger partial charge in [0.25, 0.3) is 0 Å². The van der Waals surface area contributed by atoms with Gasteiger partial charge < -0.3 is 20.3 Å². The van der Waals surface area contributed by atoms with Crippen LogP contribution in [0.5, 0.6) is 0 Å². The number of carbonyl (C=O) groups is 3. The Bertz CT molecular complexity index is 1180. The molecule has 2 aromatic rings. The zero-order valence-corrected chi connectivity index (χ0v) is 25.4. The summed E-state index contributed by atoms with van der Waals surface area (Å²) in [4.78, 5) is 48.9. The lowest BCUT2D eigenvalue weighted by molar-refractivity contribution is -0.142. The quantitative estimate of drug-likeness (QED) is 0.528. The maximum Gasteiger partial charge on any atom is 0.243 e. The molecule has 41 heavy (non-hydrogen) atoms. The van der Waals surface area contributed by atoms with E-state index in [1.165, 1.54) is 0 Å². The van der Waals surface area contributed by atoms with Gasteiger partial charge in [-0.15, -0.1) is 0 Å². The van der Waals surface area contributed by atoms with E-state index in [2.05, 4.69) is 10.6 Å². The van der Waals surface area contributed by atoms with Crippen LogP contribution in [0.2, 0.25) is 0 Å². The van der Waals surface area contributed by atoms with Crippen molar-refractivity contribution in [3.63, 3.8) is 0 Å². The van der Waals surface area contributed by atoms with E-state index in [1.54, 1.807) is 11.8 Å². The number of nitrogens with one attached hydrogen (secondary N) is 2. The lowest BCUT2D eigenvalue weighted by atomic mass is 10.0. The molecule has 3 heterocycles. The van der Waals surface area contributed by atoms with Crippen LogP contribution in [0, 0.1) is 5.92 Å². The largest absolute Gasteiger partial charge is 0.378 e. The van der Waals surface area contributed by atoms with Crippen LogP contribution in [0.3, 0.4) is 0 Å². The normalized spacial score (nSPS) is 23.4. The highest BCUT2D eigenvalue weighted by Crippen LogP contribution is 2.25. The first-order valence-corrected chi connectivity index (χ1v) is 15.8. The smallest absolute Gasteiger partial charge is 0.243 e. The van der Waals surface area contributed by atoms with E-state index in [1.807, 2.05) is 72.0 Å². The third-order valence-corrected chi connectivity index (χ3v) is 8.29. The fourth-order valence-corrected chi connectivity index (χ4v) is 5.62. The van der Waals surface area contributed by atoms with Crippen LogP contribution in [0.15, 0.2) is 30.3 Å². The lowest BCUT2D eigenvalue weighted by Gasteiger charge is -2.35. The number of morpholine rings is 1. The number of hydrogen-bond acceptors (Lipinski definition) is 8. The molecule has 3 amide bonds. The van der Waals surface area contributed by atoms with Gasteiger partial charge in [-0.1, -0.05) is 44.2 Å². The summed E-state index contributed by atoms with van der Waals surface area (Å²) in [5, 5.41) is 11.0. The molecule has 0 radical (unpaired) electrons. The van der Waals surface area contributed by atoms with Gasteiger partial charge in [0.2, 0.25) is 17.7 Å². The average Bonchev–Trinajstić information content (AvgIpc) is 3.39. The van der Waals surface area contributed by atoms with E-state index >= 15 is 0 Å². The highest BCUT2D eigenvalue weighted by Gasteiger charge is 2.33. The maximum absolute atomic E-state index is 13.7. The molecule has 4 rings (SSSR count). The van der Waals surface area contributed by atoms with Crippen LogP contribution in [0.4, 0.5) is 0 Å². The number of nitrogens with zero attached hydrogens (tertiary/aromatic N) is 5. The number of fused-ring (bicyclic) bond motifs is 1. The van der Waals surface area contributed by atoms with E-state index in [0.29, 0.717) is 63.9 Å². The molecule has 1 unspecified atom stereocenters. The van der Waals surface area contributed by atoms with Crippen molar-refractivity contribution in [1.82, 2.24) is 35.2 Å². The number of rotatable bonds is 6. The Morgan fingerprint density at radius 2 is 1.90 bits per heavy atom. The molecular formula is C29H43N7O4S. The number of likely N-dealkylation sites (N-methyl/N-ethyl adjacent to an activating group) is 1. The molecule has 2 N–H and O–H groups in total. The van der Waals surface area contributed by atoms with Gasteiger partial charge >= 0.3 is 0 Å². The molecule has 1 aromatic heterocycles. The number of amides is 3. The van der Waals surface area contributed by atoms with E-state index in [4.69, 9.17) is 14.8 Å². The molecule has 2 aliphatic heterocycles. The Balaban J connectivity index is 1.70. The zero-order valence-electron chi connectivity index (χ0n) is 24.5. The van der Waals surface area contributed by atoms with Crippen LogP contribution in [-0.4, -0.2) is 106 Å². The van der Waals surface area contributed by atoms with Crippen molar-refractivity contribution < 1.29 is 19.1 Å². The summed E-state index contributed by atoms with van der Waals surface area (Å²) in [5.41, 5.74) is 0.873. The summed E-state index contributed by atoms with van der Waals surface area (Å²) >= 11 is 1.63. The predicted octanol–water partition coefficient (Wildman–Crippen LogP) is 1.95. The highest BCUT2D eigenvalue weighted by atomic mass is 32.2. The van der Waals surface area contributed by atoms with Crippen molar-refractivity contribution in [3.05, 3.63) is 36.2 Å². The summed E-state index contributed by atoms with van der Waals surface area (Å²) in [6.45, 7) is 6.90. The van der Waals surface area contributed by atoms with Gasteiger partial charge in [0.15, 0.2) is 11.6 Å². The van der Waals surface area contributed by atoms with Gasteiger partial charge in [0.1, 0.15) is 12.1 Å². The molecule has 0 bridgehead atoms. The minimum atomic E-state index is -0.658.